The Morgan fingerprint density at radius 3 is 1.46 bits per heavy atom. The highest BCUT2D eigenvalue weighted by Crippen LogP contribution is 2.45. The van der Waals surface area contributed by atoms with Crippen LogP contribution in [-0.2, 0) is 20.0 Å². The summed E-state index contributed by atoms with van der Waals surface area (Å²) in [5.41, 5.74) is 2.71. The summed E-state index contributed by atoms with van der Waals surface area (Å²) in [4.78, 5) is 21.3. The molecule has 1 N–H and O–H groups in total. The summed E-state index contributed by atoms with van der Waals surface area (Å²) in [7, 11) is -6.32. The number of ether oxygens (including phenoxy) is 4. The first-order valence-electron chi connectivity index (χ1n) is 21.3. The molecule has 326 valence electrons. The van der Waals surface area contributed by atoms with Gasteiger partial charge in [0.25, 0.3) is 5.69 Å². The largest absolute Gasteiger partial charge is 0.474 e. The van der Waals surface area contributed by atoms with E-state index in [0.29, 0.717) is 72.0 Å². The molecule has 0 spiro atoms. The van der Waals surface area contributed by atoms with Crippen LogP contribution in [0.1, 0.15) is 99.6 Å². The lowest BCUT2D eigenvalue weighted by molar-refractivity contribution is -0.908. The van der Waals surface area contributed by atoms with Crippen molar-refractivity contribution in [3.63, 3.8) is 0 Å². The van der Waals surface area contributed by atoms with E-state index in [-0.39, 0.29) is 46.9 Å². The molecule has 6 aliphatic rings. The average Bonchev–Trinajstić information content (AvgIpc) is 4.16. The van der Waals surface area contributed by atoms with Crippen LogP contribution >= 0.6 is 0 Å². The lowest BCUT2D eigenvalue weighted by Gasteiger charge is -2.37. The van der Waals surface area contributed by atoms with E-state index in [1.54, 1.807) is 33.9 Å². The standard InChI is InChI=1S/C21H27N4O5S.C21H26N4O4S/c1-13-20(22-12-23-21(13)30-19-4-3-9-24(26)14(19)2)29-17-10-15-5-6-16(11-17)25(15)31(27,28)18-7-8-18;1-13-20(23-12-24-21(13)29-19-4-3-9-22-14(19)2)28-17-10-15-5-6-16(11-17)25(15)30(26,27)18-7-8-18/h3-4,9,12,15-18,26H,5-8,10-11H2,1-2H3;3-4,9,12,15-18H,5-8,10-11H2,1-2H3/q+1;. The second-order valence-corrected chi connectivity index (χ2v) is 21.4. The molecule has 4 unspecified atom stereocenters. The van der Waals surface area contributed by atoms with E-state index in [1.807, 2.05) is 32.9 Å². The zero-order valence-corrected chi connectivity index (χ0v) is 36.5. The maximum Gasteiger partial charge on any atom is 0.273 e. The highest BCUT2D eigenvalue weighted by molar-refractivity contribution is 7.90. The first kappa shape index (κ1) is 41.6. The van der Waals surface area contributed by atoms with Gasteiger partial charge in [0.05, 0.1) is 27.3 Å². The fourth-order valence-electron chi connectivity index (χ4n) is 9.32. The predicted octanol–water partition coefficient (Wildman–Crippen LogP) is 5.42. The average molecular weight is 878 g/mol. The van der Waals surface area contributed by atoms with Gasteiger partial charge in [-0.3, -0.25) is 10.2 Å². The molecule has 2 saturated carbocycles. The predicted molar refractivity (Wildman–Crippen MR) is 220 cm³/mol. The van der Waals surface area contributed by atoms with E-state index in [0.717, 1.165) is 67.4 Å². The van der Waals surface area contributed by atoms with Crippen molar-refractivity contribution < 1.29 is 45.7 Å². The Morgan fingerprint density at radius 1 is 0.590 bits per heavy atom. The highest BCUT2D eigenvalue weighted by atomic mass is 32.2. The molecule has 4 saturated heterocycles. The molecule has 8 heterocycles. The molecule has 4 aromatic heterocycles. The van der Waals surface area contributed by atoms with Crippen LogP contribution in [0.4, 0.5) is 0 Å². The number of hydrogen-bond acceptors (Lipinski definition) is 14. The molecule has 4 aromatic rings. The van der Waals surface area contributed by atoms with Gasteiger partial charge in [-0.1, -0.05) is 0 Å². The Labute approximate surface area is 356 Å². The molecule has 61 heavy (non-hydrogen) atoms. The number of rotatable bonds is 12. The number of aromatic nitrogens is 6. The van der Waals surface area contributed by atoms with Gasteiger partial charge < -0.3 is 18.9 Å². The first-order valence-corrected chi connectivity index (χ1v) is 24.3. The van der Waals surface area contributed by atoms with Crippen molar-refractivity contribution in [3.05, 3.63) is 71.8 Å². The van der Waals surface area contributed by atoms with E-state index in [2.05, 4.69) is 24.9 Å². The minimum Gasteiger partial charge on any atom is -0.474 e. The summed E-state index contributed by atoms with van der Waals surface area (Å²) in [5.74, 6) is 2.85. The Hall–Kier alpha value is -4.72. The number of sulfonamides is 2. The van der Waals surface area contributed by atoms with Gasteiger partial charge in [0.1, 0.15) is 24.9 Å². The number of nitrogens with zero attached hydrogens (tertiary/aromatic N) is 8. The topological polar surface area (TPSA) is 200 Å². The van der Waals surface area contributed by atoms with Crippen LogP contribution in [0.3, 0.4) is 0 Å². The van der Waals surface area contributed by atoms with Gasteiger partial charge in [-0.25, -0.2) is 36.8 Å². The van der Waals surface area contributed by atoms with Gasteiger partial charge in [0.15, 0.2) is 5.75 Å². The zero-order valence-electron chi connectivity index (χ0n) is 34.8. The second kappa shape index (κ2) is 16.5. The third-order valence-corrected chi connectivity index (χ3v) is 17.8. The van der Waals surface area contributed by atoms with Crippen molar-refractivity contribution in [2.24, 2.45) is 0 Å². The highest BCUT2D eigenvalue weighted by Gasteiger charge is 2.53. The van der Waals surface area contributed by atoms with Crippen molar-refractivity contribution in [2.45, 2.75) is 152 Å². The minimum atomic E-state index is -3.17. The van der Waals surface area contributed by atoms with Crippen LogP contribution in [0.5, 0.6) is 35.0 Å². The number of pyridine rings is 2. The number of aryl methyl sites for hydroxylation is 1. The normalized spacial score (nSPS) is 26.3. The van der Waals surface area contributed by atoms with E-state index in [4.69, 9.17) is 18.9 Å². The maximum absolute atomic E-state index is 12.8. The van der Waals surface area contributed by atoms with Crippen LogP contribution in [0.2, 0.25) is 0 Å². The van der Waals surface area contributed by atoms with Gasteiger partial charge in [-0.2, -0.15) is 8.61 Å². The van der Waals surface area contributed by atoms with Crippen molar-refractivity contribution >= 4 is 20.0 Å². The Kier molecular flexibility index (Phi) is 11.3. The molecule has 0 amide bonds. The van der Waals surface area contributed by atoms with E-state index >= 15 is 0 Å². The summed E-state index contributed by atoms with van der Waals surface area (Å²) < 4.78 is 80.2. The molecule has 10 rings (SSSR count). The van der Waals surface area contributed by atoms with E-state index < -0.39 is 20.0 Å². The monoisotopic (exact) mass is 877 g/mol. The molecule has 4 aliphatic heterocycles. The van der Waals surface area contributed by atoms with Crippen LogP contribution in [0.25, 0.3) is 0 Å². The maximum atomic E-state index is 12.8. The number of fused-ring (bicyclic) bond motifs is 4. The van der Waals surface area contributed by atoms with Crippen LogP contribution in [-0.4, -0.2) is 102 Å². The van der Waals surface area contributed by atoms with E-state index in [1.165, 1.54) is 18.9 Å². The number of piperidine rings is 2. The van der Waals surface area contributed by atoms with Crippen LogP contribution in [0.15, 0.2) is 49.3 Å². The van der Waals surface area contributed by atoms with Crippen LogP contribution < -0.4 is 23.7 Å². The van der Waals surface area contributed by atoms with Crippen molar-refractivity contribution in [1.82, 2.24) is 33.5 Å². The van der Waals surface area contributed by atoms with Crippen molar-refractivity contribution in [3.8, 4) is 35.0 Å². The summed E-state index contributed by atoms with van der Waals surface area (Å²) in [5, 5.41) is 9.50. The molecule has 0 aromatic carbocycles. The molecular weight excluding hydrogens is 825 g/mol. The minimum absolute atomic E-state index is 0.0131. The second-order valence-electron chi connectivity index (χ2n) is 17.2. The molecule has 19 heteroatoms. The molecule has 2 aliphatic carbocycles. The number of hydrogen-bond donors (Lipinski definition) is 1. The molecule has 0 radical (unpaired) electrons. The zero-order chi connectivity index (χ0) is 42.6. The Bertz CT molecular complexity index is 2480. The summed E-state index contributed by atoms with van der Waals surface area (Å²) in [6.07, 6.45) is 15.4. The third kappa shape index (κ3) is 8.45. The summed E-state index contributed by atoms with van der Waals surface area (Å²) >= 11 is 0. The Balaban J connectivity index is 0.000000156. The van der Waals surface area contributed by atoms with Crippen LogP contribution in [0, 0.1) is 27.7 Å². The van der Waals surface area contributed by atoms with Crippen molar-refractivity contribution in [2.75, 3.05) is 0 Å². The summed E-state index contributed by atoms with van der Waals surface area (Å²) in [6, 6.07) is 7.19. The third-order valence-electron chi connectivity index (χ3n) is 12.8. The molecule has 17 nitrogen and oxygen atoms in total. The first-order chi connectivity index (χ1) is 29.3. The fraction of sp³-hybridized carbons (Fsp3) is 0.571. The Morgan fingerprint density at radius 2 is 1.02 bits per heavy atom. The van der Waals surface area contributed by atoms with Crippen molar-refractivity contribution in [1.29, 1.82) is 0 Å². The van der Waals surface area contributed by atoms with Gasteiger partial charge in [-0.05, 0) is 90.3 Å². The van der Waals surface area contributed by atoms with E-state index in [9.17, 15) is 22.0 Å². The fourth-order valence-corrected chi connectivity index (χ4v) is 13.9. The lowest BCUT2D eigenvalue weighted by Crippen LogP contribution is -2.50. The van der Waals surface area contributed by atoms with Gasteiger partial charge in [0.2, 0.25) is 55.5 Å². The molecule has 4 atom stereocenters. The van der Waals surface area contributed by atoms with Gasteiger partial charge >= 0.3 is 0 Å². The van der Waals surface area contributed by atoms with Gasteiger partial charge in [0, 0.05) is 73.8 Å². The smallest absolute Gasteiger partial charge is 0.273 e. The SMILES string of the molecule is Cc1c(Oc2ccc[n+](O)c2C)ncnc1OC1CC2CCC(C1)N2S(=O)(=O)C1CC1.Cc1ncccc1Oc1ncnc(OC2CC3CCC(C2)N3S(=O)(=O)C2CC2)c1C. The van der Waals surface area contributed by atoms with Gasteiger partial charge in [-0.15, -0.1) is 0 Å². The molecule has 6 fully saturated rings. The molecular formula is C42H53N8O9S2+. The quantitative estimate of drug-likeness (QED) is 0.140. The summed E-state index contributed by atoms with van der Waals surface area (Å²) in [6.45, 7) is 7.32. The lowest BCUT2D eigenvalue weighted by atomic mass is 10.0. The molecule has 4 bridgehead atoms.